The Morgan fingerprint density at radius 3 is 2.47 bits per heavy atom. The summed E-state index contributed by atoms with van der Waals surface area (Å²) in [5.74, 6) is 1.80. The largest absolute Gasteiger partial charge is 0.380 e. The Labute approximate surface area is 101 Å². The van der Waals surface area contributed by atoms with Gasteiger partial charge < -0.3 is 9.64 Å². The molecule has 0 fully saturated rings. The van der Waals surface area contributed by atoms with Gasteiger partial charge in [-0.15, -0.1) is 0 Å². The van der Waals surface area contributed by atoms with Gasteiger partial charge in [-0.05, 0) is 44.5 Å². The Morgan fingerprint density at radius 1 is 1.20 bits per heavy atom. The van der Waals surface area contributed by atoms with E-state index < -0.39 is 0 Å². The van der Waals surface area contributed by atoms with Crippen LogP contribution in [0, 0.1) is 5.92 Å². The van der Waals surface area contributed by atoms with Crippen LogP contribution < -0.4 is 0 Å². The zero-order chi connectivity index (χ0) is 11.5. The third-order valence-corrected chi connectivity index (χ3v) is 3.02. The highest BCUT2D eigenvalue weighted by molar-refractivity contribution is 7.80. The molecular weight excluding hydrogens is 206 g/mol. The third-order valence-electron chi connectivity index (χ3n) is 2.76. The first-order valence-corrected chi connectivity index (χ1v) is 6.78. The molecule has 15 heavy (non-hydrogen) atoms. The van der Waals surface area contributed by atoms with E-state index in [-0.39, 0.29) is 0 Å². The summed E-state index contributed by atoms with van der Waals surface area (Å²) >= 11 is 4.26. The van der Waals surface area contributed by atoms with E-state index in [1.54, 1.807) is 0 Å². The van der Waals surface area contributed by atoms with Crippen LogP contribution in [0.3, 0.4) is 0 Å². The molecule has 2 nitrogen and oxygen atoms in total. The van der Waals surface area contributed by atoms with Crippen molar-refractivity contribution in [3.63, 3.8) is 0 Å². The molecule has 0 saturated heterocycles. The first-order valence-electron chi connectivity index (χ1n) is 6.15. The van der Waals surface area contributed by atoms with E-state index in [0.717, 1.165) is 38.0 Å². The maximum atomic E-state index is 5.37. The van der Waals surface area contributed by atoms with Gasteiger partial charge >= 0.3 is 0 Å². The van der Waals surface area contributed by atoms with E-state index in [0.29, 0.717) is 0 Å². The Kier molecular flexibility index (Phi) is 11.0. The summed E-state index contributed by atoms with van der Waals surface area (Å²) in [6, 6.07) is 0. The smallest absolute Gasteiger partial charge is 0.0593 e. The number of ether oxygens (including phenoxy) is 1. The lowest BCUT2D eigenvalue weighted by atomic mass is 10.1. The second kappa shape index (κ2) is 10.8. The number of hydrogen-bond acceptors (Lipinski definition) is 3. The van der Waals surface area contributed by atoms with Crippen LogP contribution >= 0.6 is 12.6 Å². The molecule has 0 N–H and O–H groups in total. The lowest BCUT2D eigenvalue weighted by molar-refractivity contribution is 0.113. The average Bonchev–Trinajstić information content (AvgIpc) is 2.23. The van der Waals surface area contributed by atoms with Crippen LogP contribution in [0.5, 0.6) is 0 Å². The summed E-state index contributed by atoms with van der Waals surface area (Å²) in [6.45, 7) is 11.7. The summed E-state index contributed by atoms with van der Waals surface area (Å²) < 4.78 is 5.37. The zero-order valence-electron chi connectivity index (χ0n) is 10.5. The predicted molar refractivity (Wildman–Crippen MR) is 70.9 cm³/mol. The molecule has 0 aromatic rings. The first-order chi connectivity index (χ1) is 7.24. The van der Waals surface area contributed by atoms with Gasteiger partial charge in [0.1, 0.15) is 0 Å². The number of likely N-dealkylation sites (N-methyl/N-ethyl adjacent to an activating group) is 1. The molecule has 3 heteroatoms. The van der Waals surface area contributed by atoms with Crippen LogP contribution in [0.2, 0.25) is 0 Å². The van der Waals surface area contributed by atoms with Gasteiger partial charge in [0.2, 0.25) is 0 Å². The summed E-state index contributed by atoms with van der Waals surface area (Å²) in [7, 11) is 0. The maximum Gasteiger partial charge on any atom is 0.0593 e. The van der Waals surface area contributed by atoms with Gasteiger partial charge in [-0.2, -0.15) is 12.6 Å². The monoisotopic (exact) mass is 233 g/mol. The van der Waals surface area contributed by atoms with Crippen molar-refractivity contribution in [3.05, 3.63) is 0 Å². The Hall–Kier alpha value is 0.270. The van der Waals surface area contributed by atoms with Gasteiger partial charge in [-0.1, -0.05) is 13.8 Å². The molecule has 0 heterocycles. The molecule has 0 amide bonds. The van der Waals surface area contributed by atoms with Crippen LogP contribution in [-0.4, -0.2) is 43.5 Å². The summed E-state index contributed by atoms with van der Waals surface area (Å²) in [5.41, 5.74) is 0. The van der Waals surface area contributed by atoms with E-state index in [2.05, 4.69) is 31.4 Å². The number of thiol groups is 1. The molecule has 0 rings (SSSR count). The van der Waals surface area contributed by atoms with Crippen molar-refractivity contribution in [2.75, 3.05) is 38.6 Å². The van der Waals surface area contributed by atoms with E-state index in [1.165, 1.54) is 19.4 Å². The zero-order valence-corrected chi connectivity index (χ0v) is 11.4. The fourth-order valence-corrected chi connectivity index (χ4v) is 1.97. The molecule has 0 radical (unpaired) electrons. The SMILES string of the molecule is CCOCCN(CC)CCC(C)CCS. The maximum absolute atomic E-state index is 5.37. The minimum Gasteiger partial charge on any atom is -0.380 e. The second-order valence-electron chi connectivity index (χ2n) is 4.04. The minimum absolute atomic E-state index is 0.795. The molecule has 0 aromatic heterocycles. The number of rotatable bonds is 10. The van der Waals surface area contributed by atoms with Gasteiger partial charge in [0.05, 0.1) is 6.61 Å². The predicted octanol–water partition coefficient (Wildman–Crippen LogP) is 2.69. The van der Waals surface area contributed by atoms with Crippen molar-refractivity contribution in [3.8, 4) is 0 Å². The van der Waals surface area contributed by atoms with E-state index in [1.807, 2.05) is 6.92 Å². The van der Waals surface area contributed by atoms with Crippen molar-refractivity contribution in [2.24, 2.45) is 5.92 Å². The second-order valence-corrected chi connectivity index (χ2v) is 4.48. The minimum atomic E-state index is 0.795. The fourth-order valence-electron chi connectivity index (χ4n) is 1.53. The molecule has 0 aliphatic carbocycles. The molecular formula is C12H27NOS. The fraction of sp³-hybridized carbons (Fsp3) is 1.00. The lowest BCUT2D eigenvalue weighted by Gasteiger charge is -2.22. The molecule has 0 aliphatic rings. The van der Waals surface area contributed by atoms with Crippen LogP contribution in [0.1, 0.15) is 33.6 Å². The van der Waals surface area contributed by atoms with E-state index >= 15 is 0 Å². The van der Waals surface area contributed by atoms with Crippen LogP contribution in [-0.2, 0) is 4.74 Å². The molecule has 1 unspecified atom stereocenters. The lowest BCUT2D eigenvalue weighted by Crippen LogP contribution is -2.29. The van der Waals surface area contributed by atoms with Crippen LogP contribution in [0.4, 0.5) is 0 Å². The Balaban J connectivity index is 3.51. The number of hydrogen-bond donors (Lipinski definition) is 1. The van der Waals surface area contributed by atoms with Crippen molar-refractivity contribution in [1.29, 1.82) is 0 Å². The highest BCUT2D eigenvalue weighted by Gasteiger charge is 2.05. The van der Waals surface area contributed by atoms with Crippen LogP contribution in [0.15, 0.2) is 0 Å². The standard InChI is InChI=1S/C12H27NOS/c1-4-13(9-10-14-5-2)8-6-12(3)7-11-15/h12,15H,4-11H2,1-3H3. The first kappa shape index (κ1) is 15.3. The molecule has 92 valence electrons. The van der Waals surface area contributed by atoms with E-state index in [4.69, 9.17) is 4.74 Å². The normalized spacial score (nSPS) is 13.4. The van der Waals surface area contributed by atoms with Crippen molar-refractivity contribution in [2.45, 2.75) is 33.6 Å². The van der Waals surface area contributed by atoms with Crippen molar-refractivity contribution >= 4 is 12.6 Å². The summed E-state index contributed by atoms with van der Waals surface area (Å²) in [4.78, 5) is 2.46. The average molecular weight is 233 g/mol. The van der Waals surface area contributed by atoms with Gasteiger partial charge in [-0.3, -0.25) is 0 Å². The van der Waals surface area contributed by atoms with E-state index in [9.17, 15) is 0 Å². The quantitative estimate of drug-likeness (QED) is 0.460. The highest BCUT2D eigenvalue weighted by Crippen LogP contribution is 2.09. The van der Waals surface area contributed by atoms with Gasteiger partial charge in [0, 0.05) is 13.2 Å². The molecule has 0 bridgehead atoms. The molecule has 0 aromatic carbocycles. The van der Waals surface area contributed by atoms with Crippen molar-refractivity contribution < 1.29 is 4.74 Å². The van der Waals surface area contributed by atoms with Crippen molar-refractivity contribution in [1.82, 2.24) is 4.90 Å². The molecule has 1 atom stereocenters. The molecule has 0 spiro atoms. The third kappa shape index (κ3) is 9.21. The molecule has 0 saturated carbocycles. The van der Waals surface area contributed by atoms with Gasteiger partial charge in [0.15, 0.2) is 0 Å². The molecule has 0 aliphatic heterocycles. The Bertz CT molecular complexity index is 133. The van der Waals surface area contributed by atoms with Gasteiger partial charge in [-0.25, -0.2) is 0 Å². The summed E-state index contributed by atoms with van der Waals surface area (Å²) in [6.07, 6.45) is 2.51. The highest BCUT2D eigenvalue weighted by atomic mass is 32.1. The summed E-state index contributed by atoms with van der Waals surface area (Å²) in [5, 5.41) is 0. The number of nitrogens with zero attached hydrogens (tertiary/aromatic N) is 1. The van der Waals surface area contributed by atoms with Crippen LogP contribution in [0.25, 0.3) is 0 Å². The topological polar surface area (TPSA) is 12.5 Å². The Morgan fingerprint density at radius 2 is 1.93 bits per heavy atom. The van der Waals surface area contributed by atoms with Gasteiger partial charge in [0.25, 0.3) is 0 Å².